The first kappa shape index (κ1) is 25.8. The van der Waals surface area contributed by atoms with Gasteiger partial charge in [-0.2, -0.15) is 13.7 Å². The minimum atomic E-state index is -3.67. The van der Waals surface area contributed by atoms with Gasteiger partial charge in [0.1, 0.15) is 0 Å². The molecule has 0 atom stereocenters. The number of aromatic nitrogens is 2. The van der Waals surface area contributed by atoms with Gasteiger partial charge in [0.25, 0.3) is 16.0 Å². The molecule has 0 spiro atoms. The molecule has 35 heavy (non-hydrogen) atoms. The quantitative estimate of drug-likeness (QED) is 0.453. The van der Waals surface area contributed by atoms with E-state index in [1.165, 1.54) is 0 Å². The molecule has 1 aliphatic carbocycles. The number of nitrogens with two attached hydrogens (primary N) is 1. The van der Waals surface area contributed by atoms with Crippen LogP contribution in [0.4, 0.5) is 11.4 Å². The van der Waals surface area contributed by atoms with E-state index < -0.39 is 15.5 Å². The Hall–Kier alpha value is -3.81. The Morgan fingerprint density at radius 2 is 1.71 bits per heavy atom. The Kier molecular flexibility index (Phi) is 8.17. The van der Waals surface area contributed by atoms with Gasteiger partial charge in [-0.1, -0.05) is 25.0 Å². The lowest BCUT2D eigenvalue weighted by atomic mass is 9.80. The minimum Gasteiger partial charge on any atom is -0.398 e. The maximum atomic E-state index is 13.0. The van der Waals surface area contributed by atoms with E-state index in [2.05, 4.69) is 21.4 Å². The summed E-state index contributed by atoms with van der Waals surface area (Å²) >= 11 is 0. The molecule has 0 aliphatic heterocycles. The van der Waals surface area contributed by atoms with Crippen LogP contribution in [0.25, 0.3) is 0 Å². The number of amides is 1. The second kappa shape index (κ2) is 11.1. The van der Waals surface area contributed by atoms with Crippen molar-refractivity contribution in [3.63, 3.8) is 0 Å². The molecule has 2 aromatic heterocycles. The standard InChI is InChI=1S/C24H23N5O.CH4O3S/c25-16-24(10-1-2-11-24)18-3-5-19(6-4-18)29-23(30)22-20(26)9-14-28-21(22)15-17-7-12-27-13-8-17;1-5(2,3)4/h3-9,12-14H,1-2,10-11,15H2,(H2,26,28)(H,29,30);1H3,(H,2,3,4). The van der Waals surface area contributed by atoms with Crippen molar-refractivity contribution in [1.29, 1.82) is 5.26 Å². The number of hydrogen-bond acceptors (Lipinski definition) is 7. The molecule has 1 fully saturated rings. The van der Waals surface area contributed by atoms with Crippen LogP contribution < -0.4 is 11.1 Å². The van der Waals surface area contributed by atoms with E-state index in [1.54, 1.807) is 24.7 Å². The fraction of sp³-hybridized carbons (Fsp3) is 0.280. The molecule has 10 heteroatoms. The van der Waals surface area contributed by atoms with Crippen molar-refractivity contribution in [2.75, 3.05) is 17.3 Å². The Balaban J connectivity index is 0.000000623. The number of nitriles is 1. The number of rotatable bonds is 5. The van der Waals surface area contributed by atoms with Crippen LogP contribution in [0, 0.1) is 11.3 Å². The number of nitrogen functional groups attached to an aromatic ring is 1. The molecule has 0 bridgehead atoms. The number of benzene rings is 1. The van der Waals surface area contributed by atoms with Gasteiger partial charge in [-0.15, -0.1) is 0 Å². The fourth-order valence-electron chi connectivity index (χ4n) is 4.12. The van der Waals surface area contributed by atoms with Crippen LogP contribution in [-0.2, 0) is 22.0 Å². The van der Waals surface area contributed by atoms with Crippen molar-refractivity contribution >= 4 is 27.4 Å². The Morgan fingerprint density at radius 3 is 2.29 bits per heavy atom. The van der Waals surface area contributed by atoms with Gasteiger partial charge in [0.2, 0.25) is 0 Å². The topological polar surface area (TPSA) is 159 Å². The maximum absolute atomic E-state index is 13.0. The molecule has 4 N–H and O–H groups in total. The van der Waals surface area contributed by atoms with Crippen LogP contribution in [0.3, 0.4) is 0 Å². The zero-order valence-corrected chi connectivity index (χ0v) is 20.1. The predicted molar refractivity (Wildman–Crippen MR) is 133 cm³/mol. The van der Waals surface area contributed by atoms with Crippen LogP contribution in [0.2, 0.25) is 0 Å². The first-order valence-corrected chi connectivity index (χ1v) is 12.8. The normalized spacial score (nSPS) is 14.3. The van der Waals surface area contributed by atoms with Gasteiger partial charge in [0.15, 0.2) is 0 Å². The van der Waals surface area contributed by atoms with Crippen LogP contribution in [0.15, 0.2) is 61.1 Å². The number of anilines is 2. The summed E-state index contributed by atoms with van der Waals surface area (Å²) in [7, 11) is -3.67. The molecule has 182 valence electrons. The second-order valence-corrected chi connectivity index (χ2v) is 9.89. The molecule has 0 unspecified atom stereocenters. The van der Waals surface area contributed by atoms with Gasteiger partial charge in [-0.05, 0) is 54.3 Å². The van der Waals surface area contributed by atoms with E-state index >= 15 is 0 Å². The average molecular weight is 494 g/mol. The Bertz CT molecular complexity index is 1310. The summed E-state index contributed by atoms with van der Waals surface area (Å²) in [5.74, 6) is -0.298. The van der Waals surface area contributed by atoms with E-state index in [0.717, 1.165) is 36.8 Å². The zero-order valence-electron chi connectivity index (χ0n) is 19.3. The van der Waals surface area contributed by atoms with E-state index in [9.17, 15) is 18.5 Å². The summed E-state index contributed by atoms with van der Waals surface area (Å²) in [5.41, 5.74) is 9.78. The minimum absolute atomic E-state index is 0.298. The lowest BCUT2D eigenvalue weighted by Crippen LogP contribution is -2.20. The number of hydrogen-bond donors (Lipinski definition) is 3. The number of pyridine rings is 2. The molecule has 1 amide bonds. The molecule has 1 aliphatic rings. The lowest BCUT2D eigenvalue weighted by molar-refractivity contribution is 0.102. The third-order valence-electron chi connectivity index (χ3n) is 5.78. The summed E-state index contributed by atoms with van der Waals surface area (Å²) < 4.78 is 25.9. The average Bonchev–Trinajstić information content (AvgIpc) is 3.30. The molecule has 3 aromatic rings. The maximum Gasteiger partial charge on any atom is 0.261 e. The van der Waals surface area contributed by atoms with Crippen LogP contribution >= 0.6 is 0 Å². The van der Waals surface area contributed by atoms with Crippen LogP contribution in [0.5, 0.6) is 0 Å². The van der Waals surface area contributed by atoms with E-state index in [-0.39, 0.29) is 5.91 Å². The number of nitrogens with zero attached hydrogens (tertiary/aromatic N) is 3. The van der Waals surface area contributed by atoms with Crippen molar-refractivity contribution in [3.8, 4) is 6.07 Å². The third-order valence-corrected chi connectivity index (χ3v) is 5.78. The molecule has 2 heterocycles. The van der Waals surface area contributed by atoms with Gasteiger partial charge < -0.3 is 11.1 Å². The molecular formula is C25H27N5O4S. The smallest absolute Gasteiger partial charge is 0.261 e. The summed E-state index contributed by atoms with van der Waals surface area (Å²) in [6.07, 6.45) is 10.2. The van der Waals surface area contributed by atoms with Crippen molar-refractivity contribution < 1.29 is 17.8 Å². The fourth-order valence-corrected chi connectivity index (χ4v) is 4.12. The van der Waals surface area contributed by atoms with Crippen LogP contribution in [0.1, 0.15) is 52.9 Å². The van der Waals surface area contributed by atoms with Crippen molar-refractivity contribution in [2.24, 2.45) is 0 Å². The molecule has 4 rings (SSSR count). The predicted octanol–water partition coefficient (Wildman–Crippen LogP) is 3.74. The van der Waals surface area contributed by atoms with Gasteiger partial charge >= 0.3 is 0 Å². The monoisotopic (exact) mass is 493 g/mol. The number of carbonyl (C=O) groups excluding carboxylic acids is 1. The zero-order chi connectivity index (χ0) is 25.5. The second-order valence-electron chi connectivity index (χ2n) is 8.42. The summed E-state index contributed by atoms with van der Waals surface area (Å²) in [6.45, 7) is 0. The van der Waals surface area contributed by atoms with Gasteiger partial charge in [0.05, 0.1) is 29.0 Å². The van der Waals surface area contributed by atoms with Crippen molar-refractivity contribution in [2.45, 2.75) is 37.5 Å². The third kappa shape index (κ3) is 7.09. The van der Waals surface area contributed by atoms with Gasteiger partial charge in [-0.3, -0.25) is 19.3 Å². The van der Waals surface area contributed by atoms with Gasteiger partial charge in [0, 0.05) is 36.4 Å². The molecule has 1 aromatic carbocycles. The van der Waals surface area contributed by atoms with Crippen molar-refractivity contribution in [1.82, 2.24) is 9.97 Å². The summed E-state index contributed by atoms with van der Waals surface area (Å²) in [4.78, 5) is 21.4. The van der Waals surface area contributed by atoms with E-state index in [1.807, 2.05) is 36.4 Å². The van der Waals surface area contributed by atoms with E-state index in [4.69, 9.17) is 10.3 Å². The van der Waals surface area contributed by atoms with E-state index in [0.29, 0.717) is 35.3 Å². The molecule has 0 radical (unpaired) electrons. The summed E-state index contributed by atoms with van der Waals surface area (Å²) in [6, 6.07) is 15.5. The number of nitrogens with one attached hydrogen (secondary N) is 1. The highest BCUT2D eigenvalue weighted by Gasteiger charge is 2.35. The molecule has 0 saturated heterocycles. The molecular weight excluding hydrogens is 466 g/mol. The molecule has 9 nitrogen and oxygen atoms in total. The summed E-state index contributed by atoms with van der Waals surface area (Å²) in [5, 5.41) is 12.6. The number of carbonyl (C=O) groups is 1. The highest BCUT2D eigenvalue weighted by atomic mass is 32.2. The lowest BCUT2D eigenvalue weighted by Gasteiger charge is -2.21. The SMILES string of the molecule is CS(=O)(=O)O.N#CC1(c2ccc(NC(=O)c3c(N)ccnc3Cc3ccncc3)cc2)CCCC1. The highest BCUT2D eigenvalue weighted by Crippen LogP contribution is 2.40. The van der Waals surface area contributed by atoms with Gasteiger partial charge in [-0.25, -0.2) is 0 Å². The highest BCUT2D eigenvalue weighted by molar-refractivity contribution is 7.85. The Labute approximate surface area is 204 Å². The first-order valence-electron chi connectivity index (χ1n) is 11.0. The van der Waals surface area contributed by atoms with Crippen LogP contribution in [-0.4, -0.2) is 35.1 Å². The largest absolute Gasteiger partial charge is 0.398 e. The molecule has 1 saturated carbocycles. The Morgan fingerprint density at radius 1 is 1.11 bits per heavy atom. The first-order chi connectivity index (χ1) is 16.6. The van der Waals surface area contributed by atoms with Crippen molar-refractivity contribution in [3.05, 3.63) is 83.4 Å².